The van der Waals surface area contributed by atoms with E-state index in [2.05, 4.69) is 15.6 Å². The number of rotatable bonds is 7. The molecule has 0 saturated heterocycles. The highest BCUT2D eigenvalue weighted by molar-refractivity contribution is 5.79. The van der Waals surface area contributed by atoms with Crippen molar-refractivity contribution in [3.05, 3.63) is 59.7 Å². The van der Waals surface area contributed by atoms with Gasteiger partial charge in [-0.1, -0.05) is 30.3 Å². The van der Waals surface area contributed by atoms with E-state index in [0.717, 1.165) is 35.1 Å². The third kappa shape index (κ3) is 5.19. The summed E-state index contributed by atoms with van der Waals surface area (Å²) in [6.07, 6.45) is 0. The quantitative estimate of drug-likeness (QED) is 0.606. The smallest absolute Gasteiger partial charge is 0.191 e. The molecule has 0 aromatic heterocycles. The van der Waals surface area contributed by atoms with Gasteiger partial charge in [0.2, 0.25) is 0 Å². The second-order valence-corrected chi connectivity index (χ2v) is 5.21. The zero-order chi connectivity index (χ0) is 17.2. The summed E-state index contributed by atoms with van der Waals surface area (Å²) in [5, 5.41) is 6.59. The van der Waals surface area contributed by atoms with Gasteiger partial charge in [0.25, 0.3) is 0 Å². The second kappa shape index (κ2) is 9.45. The fourth-order valence-corrected chi connectivity index (χ4v) is 2.31. The molecule has 0 fully saturated rings. The Morgan fingerprint density at radius 1 is 1.00 bits per heavy atom. The molecule has 24 heavy (non-hydrogen) atoms. The first-order valence-electron chi connectivity index (χ1n) is 8.03. The van der Waals surface area contributed by atoms with E-state index in [9.17, 15) is 0 Å². The molecule has 0 spiro atoms. The molecule has 0 radical (unpaired) electrons. The Morgan fingerprint density at radius 2 is 1.83 bits per heavy atom. The summed E-state index contributed by atoms with van der Waals surface area (Å²) in [6.45, 7) is 4.08. The van der Waals surface area contributed by atoms with Gasteiger partial charge in [0, 0.05) is 18.7 Å². The Balaban J connectivity index is 2.02. The number of nitrogens with zero attached hydrogens (tertiary/aromatic N) is 1. The lowest BCUT2D eigenvalue weighted by atomic mass is 10.2. The summed E-state index contributed by atoms with van der Waals surface area (Å²) in [6, 6.07) is 15.9. The molecule has 0 bridgehead atoms. The van der Waals surface area contributed by atoms with Gasteiger partial charge in [-0.2, -0.15) is 0 Å². The van der Waals surface area contributed by atoms with E-state index >= 15 is 0 Å². The molecule has 0 atom stereocenters. The van der Waals surface area contributed by atoms with Crippen molar-refractivity contribution in [2.75, 3.05) is 20.8 Å². The van der Waals surface area contributed by atoms with Crippen LogP contribution in [0.1, 0.15) is 18.1 Å². The van der Waals surface area contributed by atoms with Crippen molar-refractivity contribution in [2.24, 2.45) is 4.99 Å². The van der Waals surface area contributed by atoms with Crippen LogP contribution in [0.5, 0.6) is 11.5 Å². The summed E-state index contributed by atoms with van der Waals surface area (Å²) >= 11 is 0. The number of hydrogen-bond acceptors (Lipinski definition) is 3. The van der Waals surface area contributed by atoms with Gasteiger partial charge in [0.05, 0.1) is 20.8 Å². The molecule has 2 N–H and O–H groups in total. The minimum Gasteiger partial charge on any atom is -0.497 e. The van der Waals surface area contributed by atoms with E-state index < -0.39 is 0 Å². The van der Waals surface area contributed by atoms with E-state index in [1.165, 1.54) is 0 Å². The topological polar surface area (TPSA) is 54.9 Å². The average molecular weight is 327 g/mol. The minimum absolute atomic E-state index is 0.582. The molecular weight excluding hydrogens is 302 g/mol. The molecule has 0 unspecified atom stereocenters. The molecule has 128 valence electrons. The zero-order valence-electron chi connectivity index (χ0n) is 14.5. The molecule has 0 aliphatic heterocycles. The fourth-order valence-electron chi connectivity index (χ4n) is 2.31. The summed E-state index contributed by atoms with van der Waals surface area (Å²) in [4.78, 5) is 4.63. The van der Waals surface area contributed by atoms with Crippen LogP contribution in [-0.2, 0) is 13.1 Å². The van der Waals surface area contributed by atoms with Gasteiger partial charge in [-0.05, 0) is 30.7 Å². The fraction of sp³-hybridized carbons (Fsp3) is 0.316. The Hall–Kier alpha value is -2.69. The maximum absolute atomic E-state index is 5.38. The third-order valence-corrected chi connectivity index (χ3v) is 3.54. The van der Waals surface area contributed by atoms with Gasteiger partial charge in [0.15, 0.2) is 5.96 Å². The van der Waals surface area contributed by atoms with Crippen molar-refractivity contribution >= 4 is 5.96 Å². The summed E-state index contributed by atoms with van der Waals surface area (Å²) in [5.41, 5.74) is 2.19. The van der Waals surface area contributed by atoms with Gasteiger partial charge < -0.3 is 20.1 Å². The molecule has 2 rings (SSSR count). The van der Waals surface area contributed by atoms with E-state index in [1.54, 1.807) is 14.2 Å². The van der Waals surface area contributed by atoms with Crippen LogP contribution in [0, 0.1) is 0 Å². The lowest BCUT2D eigenvalue weighted by Gasteiger charge is -2.13. The van der Waals surface area contributed by atoms with Crippen molar-refractivity contribution in [3.63, 3.8) is 0 Å². The molecule has 2 aromatic rings. The first-order chi connectivity index (χ1) is 11.8. The number of benzene rings is 2. The molecule has 0 saturated carbocycles. The van der Waals surface area contributed by atoms with Crippen molar-refractivity contribution < 1.29 is 9.47 Å². The first kappa shape index (κ1) is 17.7. The van der Waals surface area contributed by atoms with Crippen LogP contribution in [0.15, 0.2) is 53.5 Å². The van der Waals surface area contributed by atoms with Gasteiger partial charge >= 0.3 is 0 Å². The molecule has 0 amide bonds. The van der Waals surface area contributed by atoms with Gasteiger partial charge in [-0.25, -0.2) is 4.99 Å². The number of hydrogen-bond donors (Lipinski definition) is 2. The van der Waals surface area contributed by atoms with Crippen LogP contribution >= 0.6 is 0 Å². The van der Waals surface area contributed by atoms with E-state index in [-0.39, 0.29) is 0 Å². The summed E-state index contributed by atoms with van der Waals surface area (Å²) < 4.78 is 10.6. The monoisotopic (exact) mass is 327 g/mol. The van der Waals surface area contributed by atoms with Gasteiger partial charge in [0.1, 0.15) is 11.5 Å². The molecule has 0 heterocycles. The lowest BCUT2D eigenvalue weighted by Crippen LogP contribution is -2.36. The number of guanidine groups is 1. The summed E-state index contributed by atoms with van der Waals surface area (Å²) in [5.74, 6) is 2.48. The zero-order valence-corrected chi connectivity index (χ0v) is 14.5. The Morgan fingerprint density at radius 3 is 2.58 bits per heavy atom. The lowest BCUT2D eigenvalue weighted by molar-refractivity contribution is 0.409. The number of para-hydroxylation sites is 1. The Kier molecular flexibility index (Phi) is 6.95. The molecule has 0 aliphatic rings. The second-order valence-electron chi connectivity index (χ2n) is 5.21. The van der Waals surface area contributed by atoms with Crippen LogP contribution in [0.3, 0.4) is 0 Å². The Bertz CT molecular complexity index is 671. The predicted molar refractivity (Wildman–Crippen MR) is 97.6 cm³/mol. The van der Waals surface area contributed by atoms with Crippen molar-refractivity contribution in [1.82, 2.24) is 10.6 Å². The van der Waals surface area contributed by atoms with Crippen LogP contribution in [-0.4, -0.2) is 26.7 Å². The largest absolute Gasteiger partial charge is 0.497 e. The number of nitrogens with one attached hydrogen (secondary N) is 2. The maximum Gasteiger partial charge on any atom is 0.191 e. The third-order valence-electron chi connectivity index (χ3n) is 3.54. The van der Waals surface area contributed by atoms with Crippen LogP contribution < -0.4 is 20.1 Å². The number of aliphatic imine (C=N–C) groups is 1. The normalized spacial score (nSPS) is 11.0. The molecule has 5 heteroatoms. The highest BCUT2D eigenvalue weighted by Gasteiger charge is 2.03. The first-order valence-corrected chi connectivity index (χ1v) is 8.03. The van der Waals surface area contributed by atoms with E-state index in [4.69, 9.17) is 9.47 Å². The van der Waals surface area contributed by atoms with Gasteiger partial charge in [-0.3, -0.25) is 0 Å². The van der Waals surface area contributed by atoms with E-state index in [0.29, 0.717) is 13.1 Å². The SMILES string of the molecule is CCNC(=NCc1cccc(OC)c1)NCc1ccccc1OC. The molecule has 2 aromatic carbocycles. The predicted octanol–water partition coefficient (Wildman–Crippen LogP) is 2.96. The van der Waals surface area contributed by atoms with Crippen molar-refractivity contribution in [2.45, 2.75) is 20.0 Å². The maximum atomic E-state index is 5.38. The van der Waals surface area contributed by atoms with Crippen LogP contribution in [0.4, 0.5) is 0 Å². The number of ether oxygens (including phenoxy) is 2. The molecule has 0 aliphatic carbocycles. The van der Waals surface area contributed by atoms with E-state index in [1.807, 2.05) is 55.5 Å². The highest BCUT2D eigenvalue weighted by atomic mass is 16.5. The summed E-state index contributed by atoms with van der Waals surface area (Å²) in [7, 11) is 3.35. The standard InChI is InChI=1S/C19H25N3O2/c1-4-20-19(21-13-15-8-7-10-17(12-15)23-2)22-14-16-9-5-6-11-18(16)24-3/h5-12H,4,13-14H2,1-3H3,(H2,20,21,22). The van der Waals surface area contributed by atoms with Gasteiger partial charge in [-0.15, -0.1) is 0 Å². The highest BCUT2D eigenvalue weighted by Crippen LogP contribution is 2.16. The molecular formula is C19H25N3O2. The van der Waals surface area contributed by atoms with Crippen LogP contribution in [0.25, 0.3) is 0 Å². The Labute approximate surface area is 143 Å². The number of methoxy groups -OCH3 is 2. The van der Waals surface area contributed by atoms with Crippen molar-refractivity contribution in [3.8, 4) is 11.5 Å². The minimum atomic E-state index is 0.582. The van der Waals surface area contributed by atoms with Crippen LogP contribution in [0.2, 0.25) is 0 Å². The van der Waals surface area contributed by atoms with Crippen molar-refractivity contribution in [1.29, 1.82) is 0 Å². The molecule has 5 nitrogen and oxygen atoms in total. The average Bonchev–Trinajstić information content (AvgIpc) is 2.64.